The fraction of sp³-hybridized carbons (Fsp3) is 0.889. The third-order valence-electron chi connectivity index (χ3n) is 1.56. The van der Waals surface area contributed by atoms with E-state index in [0.29, 0.717) is 12.3 Å². The summed E-state index contributed by atoms with van der Waals surface area (Å²) in [5.41, 5.74) is 0. The predicted molar refractivity (Wildman–Crippen MR) is 56.0 cm³/mol. The second-order valence-corrected chi connectivity index (χ2v) is 4.94. The Kier molecular flexibility index (Phi) is 6.43. The summed E-state index contributed by atoms with van der Waals surface area (Å²) in [5.74, 6) is 0.560. The topological polar surface area (TPSA) is 15.6 Å². The van der Waals surface area contributed by atoms with Gasteiger partial charge in [0.15, 0.2) is 0 Å². The molecule has 0 spiro atoms. The molecule has 0 aliphatic carbocycles. The Morgan fingerprint density at radius 3 is 2.27 bits per heavy atom. The summed E-state index contributed by atoms with van der Waals surface area (Å²) in [4.78, 5) is 4.21. The molecule has 0 aliphatic heterocycles. The van der Waals surface area contributed by atoms with Crippen molar-refractivity contribution in [3.63, 3.8) is 0 Å². The van der Waals surface area contributed by atoms with E-state index in [2.05, 4.69) is 4.99 Å². The molecule has 0 saturated heterocycles. The number of rotatable bonds is 4. The summed E-state index contributed by atoms with van der Waals surface area (Å²) >= 11 is 0.949. The van der Waals surface area contributed by atoms with Gasteiger partial charge < -0.3 is 0 Å². The molecule has 2 nitrogen and oxygen atoms in total. The first kappa shape index (κ1) is 14.9. The number of aliphatic imine (C=N–C) groups is 1. The van der Waals surface area contributed by atoms with Crippen molar-refractivity contribution >= 4 is 24.7 Å². The van der Waals surface area contributed by atoms with E-state index in [1.165, 1.54) is 3.61 Å². The summed E-state index contributed by atoms with van der Waals surface area (Å²) in [6.45, 7) is 4.76. The number of amidine groups is 1. The Hall–Kier alpha value is -0.104. The average molecular weight is 279 g/mol. The van der Waals surface area contributed by atoms with Crippen molar-refractivity contribution in [1.82, 2.24) is 3.61 Å². The van der Waals surface area contributed by atoms with E-state index in [9.17, 15) is 13.2 Å². The van der Waals surface area contributed by atoms with Gasteiger partial charge in [0, 0.05) is 0 Å². The number of hydrogen-bond acceptors (Lipinski definition) is 1. The van der Waals surface area contributed by atoms with Crippen molar-refractivity contribution in [2.45, 2.75) is 45.8 Å². The zero-order chi connectivity index (χ0) is 12.1. The molecule has 0 saturated carbocycles. The van der Waals surface area contributed by atoms with Gasteiger partial charge in [-0.05, 0) is 0 Å². The summed E-state index contributed by atoms with van der Waals surface area (Å²) in [5, 5.41) is 0. The molecule has 0 fully saturated rings. The minimum absolute atomic E-state index is 0.0398. The number of halogens is 3. The Morgan fingerprint density at radius 2 is 1.93 bits per heavy atom. The molecule has 0 aliphatic rings. The fourth-order valence-electron chi connectivity index (χ4n) is 1.09. The molecular weight excluding hydrogens is 263 g/mol. The van der Waals surface area contributed by atoms with Crippen LogP contribution < -0.4 is 0 Å². The van der Waals surface area contributed by atoms with Crippen LogP contribution in [0.25, 0.3) is 0 Å². The van der Waals surface area contributed by atoms with Gasteiger partial charge in [0.05, 0.1) is 0 Å². The van der Waals surface area contributed by atoms with Crippen molar-refractivity contribution in [2.24, 2.45) is 4.99 Å². The van der Waals surface area contributed by atoms with Gasteiger partial charge in [0.2, 0.25) is 0 Å². The van der Waals surface area contributed by atoms with Gasteiger partial charge in [-0.15, -0.1) is 0 Å². The van der Waals surface area contributed by atoms with Crippen molar-refractivity contribution in [3.05, 3.63) is 0 Å². The SMILES string of the molecule is CCCC(=NC(C)C)[N]([Ga])CC(F)(F)F. The predicted octanol–water partition coefficient (Wildman–Crippen LogP) is 2.54. The molecular formula is C9H16F3GaN2. The van der Waals surface area contributed by atoms with Gasteiger partial charge in [-0.1, -0.05) is 0 Å². The molecule has 0 heterocycles. The van der Waals surface area contributed by atoms with Gasteiger partial charge >= 0.3 is 98.8 Å². The van der Waals surface area contributed by atoms with Gasteiger partial charge in [0.1, 0.15) is 0 Å². The van der Waals surface area contributed by atoms with Crippen LogP contribution >= 0.6 is 0 Å². The summed E-state index contributed by atoms with van der Waals surface area (Å²) in [6.07, 6.45) is -2.74. The third-order valence-corrected chi connectivity index (χ3v) is 2.57. The van der Waals surface area contributed by atoms with Crippen LogP contribution in [0.3, 0.4) is 0 Å². The third kappa shape index (κ3) is 7.78. The zero-order valence-corrected chi connectivity index (χ0v) is 11.7. The normalized spacial score (nSPS) is 13.4. The van der Waals surface area contributed by atoms with E-state index >= 15 is 0 Å². The molecule has 15 heavy (non-hydrogen) atoms. The van der Waals surface area contributed by atoms with Crippen molar-refractivity contribution in [1.29, 1.82) is 0 Å². The average Bonchev–Trinajstić information content (AvgIpc) is 1.99. The van der Waals surface area contributed by atoms with E-state index in [0.717, 1.165) is 25.3 Å². The number of nitrogens with zero attached hydrogens (tertiary/aromatic N) is 2. The quantitative estimate of drug-likeness (QED) is 0.438. The van der Waals surface area contributed by atoms with Crippen LogP contribution in [0.5, 0.6) is 0 Å². The first-order valence-electron chi connectivity index (χ1n) is 4.92. The molecule has 86 valence electrons. The number of hydrogen-bond donors (Lipinski definition) is 0. The fourth-order valence-corrected chi connectivity index (χ4v) is 1.93. The summed E-state index contributed by atoms with van der Waals surface area (Å²) in [6, 6.07) is 0.0398. The minimum atomic E-state index is -4.15. The molecule has 0 aromatic carbocycles. The van der Waals surface area contributed by atoms with Crippen LogP contribution in [-0.4, -0.2) is 47.0 Å². The zero-order valence-electron chi connectivity index (χ0n) is 9.30. The number of alkyl halides is 3. The Balaban J connectivity index is 4.49. The van der Waals surface area contributed by atoms with Gasteiger partial charge in [0.25, 0.3) is 0 Å². The first-order valence-corrected chi connectivity index (χ1v) is 6.00. The summed E-state index contributed by atoms with van der Waals surface area (Å²) < 4.78 is 37.7. The van der Waals surface area contributed by atoms with Crippen LogP contribution in [0.4, 0.5) is 13.2 Å². The molecule has 0 rings (SSSR count). The molecule has 0 aromatic heterocycles. The van der Waals surface area contributed by atoms with Crippen LogP contribution in [0.2, 0.25) is 0 Å². The van der Waals surface area contributed by atoms with E-state index in [1.54, 1.807) is 0 Å². The monoisotopic (exact) mass is 278 g/mol. The first-order chi connectivity index (χ1) is 6.76. The second kappa shape index (κ2) is 6.47. The van der Waals surface area contributed by atoms with E-state index in [-0.39, 0.29) is 6.04 Å². The van der Waals surface area contributed by atoms with Crippen LogP contribution in [0, 0.1) is 0 Å². The van der Waals surface area contributed by atoms with Crippen molar-refractivity contribution < 1.29 is 13.2 Å². The van der Waals surface area contributed by atoms with Gasteiger partial charge in [-0.2, -0.15) is 0 Å². The van der Waals surface area contributed by atoms with Gasteiger partial charge in [-0.25, -0.2) is 0 Å². The van der Waals surface area contributed by atoms with E-state index < -0.39 is 12.7 Å². The molecule has 0 unspecified atom stereocenters. The maximum absolute atomic E-state index is 12.2. The van der Waals surface area contributed by atoms with Crippen LogP contribution in [-0.2, 0) is 0 Å². The van der Waals surface area contributed by atoms with Gasteiger partial charge in [-0.3, -0.25) is 0 Å². The van der Waals surface area contributed by atoms with Crippen molar-refractivity contribution in [3.8, 4) is 0 Å². The molecule has 0 atom stereocenters. The van der Waals surface area contributed by atoms with Crippen LogP contribution in [0.15, 0.2) is 4.99 Å². The molecule has 0 bridgehead atoms. The van der Waals surface area contributed by atoms with Crippen LogP contribution in [0.1, 0.15) is 33.6 Å². The molecule has 0 N–H and O–H groups in total. The standard InChI is InChI=1S/C9H16F3N2.Ga/c1-4-5-8(14-7(2)3)13-6-9(10,11)12;/h7H,4-6H2,1-3H3;/q-1;+1. The molecule has 6 heteroatoms. The molecule has 2 radical (unpaired) electrons. The molecule has 0 amide bonds. The Morgan fingerprint density at radius 1 is 1.40 bits per heavy atom. The molecule has 0 aromatic rings. The summed E-state index contributed by atoms with van der Waals surface area (Å²) in [7, 11) is 0. The second-order valence-electron chi connectivity index (χ2n) is 3.63. The maximum atomic E-state index is 12.2. The van der Waals surface area contributed by atoms with E-state index in [4.69, 9.17) is 0 Å². The van der Waals surface area contributed by atoms with Crippen molar-refractivity contribution in [2.75, 3.05) is 6.54 Å². The Labute approximate surface area is 99.1 Å². The Bertz CT molecular complexity index is 214. The van der Waals surface area contributed by atoms with E-state index in [1.807, 2.05) is 20.8 Å².